The summed E-state index contributed by atoms with van der Waals surface area (Å²) in [5, 5.41) is 5.75. The predicted molar refractivity (Wildman–Crippen MR) is 95.8 cm³/mol. The second kappa shape index (κ2) is 6.86. The van der Waals surface area contributed by atoms with E-state index < -0.39 is 5.66 Å². The summed E-state index contributed by atoms with van der Waals surface area (Å²) in [7, 11) is 0. The SMILES string of the molecule is CC1=NN(C(=O)c2ccccc2)[C@@](C)(NNC(=O)c2ccccc2)C1. The Morgan fingerprint density at radius 1 is 1.00 bits per heavy atom. The van der Waals surface area contributed by atoms with Crippen LogP contribution in [0, 0.1) is 0 Å². The lowest BCUT2D eigenvalue weighted by Gasteiger charge is -2.33. The number of amides is 2. The van der Waals surface area contributed by atoms with Crippen LogP contribution in [0.2, 0.25) is 0 Å². The van der Waals surface area contributed by atoms with Gasteiger partial charge in [-0.05, 0) is 38.1 Å². The number of nitrogens with zero attached hydrogens (tertiary/aromatic N) is 2. The second-order valence-electron chi connectivity index (χ2n) is 6.21. The second-order valence-corrected chi connectivity index (χ2v) is 6.21. The van der Waals surface area contributed by atoms with Crippen molar-refractivity contribution < 1.29 is 9.59 Å². The van der Waals surface area contributed by atoms with Crippen molar-refractivity contribution >= 4 is 17.5 Å². The molecule has 2 N–H and O–H groups in total. The van der Waals surface area contributed by atoms with Crippen LogP contribution < -0.4 is 10.9 Å². The Morgan fingerprint density at radius 2 is 1.56 bits per heavy atom. The Morgan fingerprint density at radius 3 is 2.16 bits per heavy atom. The van der Waals surface area contributed by atoms with E-state index in [2.05, 4.69) is 16.0 Å². The summed E-state index contributed by atoms with van der Waals surface area (Å²) in [6.45, 7) is 3.69. The van der Waals surface area contributed by atoms with E-state index in [0.717, 1.165) is 5.71 Å². The summed E-state index contributed by atoms with van der Waals surface area (Å²) >= 11 is 0. The molecular weight excluding hydrogens is 316 g/mol. The maximum atomic E-state index is 12.8. The van der Waals surface area contributed by atoms with Gasteiger partial charge in [-0.1, -0.05) is 36.4 Å². The van der Waals surface area contributed by atoms with E-state index in [-0.39, 0.29) is 11.8 Å². The third kappa shape index (κ3) is 3.59. The molecule has 2 amide bonds. The number of nitrogens with one attached hydrogen (secondary N) is 2. The highest BCUT2D eigenvalue weighted by Gasteiger charge is 2.41. The highest BCUT2D eigenvalue weighted by Crippen LogP contribution is 2.26. The molecule has 2 aromatic carbocycles. The van der Waals surface area contributed by atoms with Crippen molar-refractivity contribution in [2.45, 2.75) is 25.9 Å². The molecule has 1 heterocycles. The third-order valence-corrected chi connectivity index (χ3v) is 4.03. The number of hydrazone groups is 1. The number of hydrogen-bond donors (Lipinski definition) is 2. The Hall–Kier alpha value is -2.99. The molecule has 128 valence electrons. The standard InChI is InChI=1S/C19H20N4O2/c1-14-13-19(2,22-20-17(24)15-9-5-3-6-10-15)23(21-14)18(25)16-11-7-4-8-12-16/h3-12,22H,13H2,1-2H3,(H,20,24)/t19-/m1/s1. The minimum absolute atomic E-state index is 0.221. The fourth-order valence-corrected chi connectivity index (χ4v) is 2.81. The summed E-state index contributed by atoms with van der Waals surface area (Å²) < 4.78 is 0. The number of hydrazine groups is 1. The molecule has 0 aromatic heterocycles. The first-order valence-electron chi connectivity index (χ1n) is 8.06. The molecule has 2 aromatic rings. The zero-order valence-electron chi connectivity index (χ0n) is 14.2. The van der Waals surface area contributed by atoms with Gasteiger partial charge in [-0.15, -0.1) is 0 Å². The van der Waals surface area contributed by atoms with Gasteiger partial charge >= 0.3 is 0 Å². The summed E-state index contributed by atoms with van der Waals surface area (Å²) in [6, 6.07) is 17.8. The molecule has 0 spiro atoms. The summed E-state index contributed by atoms with van der Waals surface area (Å²) in [5.74, 6) is -0.486. The number of benzene rings is 2. The lowest BCUT2D eigenvalue weighted by Crippen LogP contribution is -2.60. The fourth-order valence-electron chi connectivity index (χ4n) is 2.81. The van der Waals surface area contributed by atoms with Gasteiger partial charge in [-0.2, -0.15) is 5.10 Å². The van der Waals surface area contributed by atoms with Gasteiger partial charge in [0, 0.05) is 23.3 Å². The lowest BCUT2D eigenvalue weighted by atomic mass is 10.1. The van der Waals surface area contributed by atoms with E-state index in [0.29, 0.717) is 17.5 Å². The monoisotopic (exact) mass is 336 g/mol. The van der Waals surface area contributed by atoms with Gasteiger partial charge in [0.05, 0.1) is 0 Å². The van der Waals surface area contributed by atoms with Gasteiger partial charge in [0.1, 0.15) is 5.66 Å². The smallest absolute Gasteiger partial charge is 0.275 e. The van der Waals surface area contributed by atoms with Crippen molar-refractivity contribution in [2.24, 2.45) is 5.10 Å². The van der Waals surface area contributed by atoms with E-state index in [9.17, 15) is 9.59 Å². The van der Waals surface area contributed by atoms with E-state index in [4.69, 9.17) is 0 Å². The molecule has 25 heavy (non-hydrogen) atoms. The molecule has 6 nitrogen and oxygen atoms in total. The molecule has 3 rings (SSSR count). The molecule has 6 heteroatoms. The molecule has 0 bridgehead atoms. The molecule has 1 atom stereocenters. The zero-order valence-corrected chi connectivity index (χ0v) is 14.2. The lowest BCUT2D eigenvalue weighted by molar-refractivity contribution is 0.0438. The molecule has 0 aliphatic carbocycles. The van der Waals surface area contributed by atoms with Crippen LogP contribution in [-0.2, 0) is 0 Å². The van der Waals surface area contributed by atoms with E-state index in [1.165, 1.54) is 5.01 Å². The van der Waals surface area contributed by atoms with Crippen LogP contribution in [0.3, 0.4) is 0 Å². The molecular formula is C19H20N4O2. The number of hydrogen-bond acceptors (Lipinski definition) is 4. The number of carbonyl (C=O) groups excluding carboxylic acids is 2. The summed E-state index contributed by atoms with van der Waals surface area (Å²) in [6.07, 6.45) is 0.515. The predicted octanol–water partition coefficient (Wildman–Crippen LogP) is 2.56. The van der Waals surface area contributed by atoms with Crippen LogP contribution in [-0.4, -0.2) is 28.2 Å². The molecule has 0 unspecified atom stereocenters. The maximum Gasteiger partial charge on any atom is 0.275 e. The molecule has 0 fully saturated rings. The largest absolute Gasteiger partial charge is 0.285 e. The quantitative estimate of drug-likeness (QED) is 0.843. The molecule has 1 aliphatic rings. The molecule has 1 aliphatic heterocycles. The first kappa shape index (κ1) is 16.9. The van der Waals surface area contributed by atoms with E-state index in [1.807, 2.05) is 38.1 Å². The minimum Gasteiger partial charge on any atom is -0.285 e. The normalized spacial score (nSPS) is 19.4. The third-order valence-electron chi connectivity index (χ3n) is 4.03. The Balaban J connectivity index is 1.75. The molecule has 0 radical (unpaired) electrons. The van der Waals surface area contributed by atoms with Gasteiger partial charge in [-0.3, -0.25) is 15.0 Å². The Bertz CT molecular complexity index is 805. The van der Waals surface area contributed by atoms with Crippen LogP contribution >= 0.6 is 0 Å². The van der Waals surface area contributed by atoms with Crippen LogP contribution in [0.4, 0.5) is 0 Å². The zero-order chi connectivity index (χ0) is 17.9. The first-order chi connectivity index (χ1) is 12.0. The van der Waals surface area contributed by atoms with Crippen LogP contribution in [0.25, 0.3) is 0 Å². The van der Waals surface area contributed by atoms with E-state index in [1.54, 1.807) is 36.4 Å². The first-order valence-corrected chi connectivity index (χ1v) is 8.06. The highest BCUT2D eigenvalue weighted by molar-refractivity contribution is 5.98. The van der Waals surface area contributed by atoms with Crippen molar-refractivity contribution in [3.8, 4) is 0 Å². The number of carbonyl (C=O) groups is 2. The average molecular weight is 336 g/mol. The van der Waals surface area contributed by atoms with Gasteiger partial charge < -0.3 is 0 Å². The Kier molecular flexibility index (Phi) is 4.63. The van der Waals surface area contributed by atoms with Crippen molar-refractivity contribution in [1.29, 1.82) is 0 Å². The average Bonchev–Trinajstić information content (AvgIpc) is 2.95. The summed E-state index contributed by atoms with van der Waals surface area (Å²) in [4.78, 5) is 25.0. The number of rotatable bonds is 4. The van der Waals surface area contributed by atoms with E-state index >= 15 is 0 Å². The Labute approximate surface area is 146 Å². The van der Waals surface area contributed by atoms with Crippen molar-refractivity contribution in [2.75, 3.05) is 0 Å². The van der Waals surface area contributed by atoms with Crippen LogP contribution in [0.5, 0.6) is 0 Å². The van der Waals surface area contributed by atoms with Gasteiger partial charge in [-0.25, -0.2) is 10.4 Å². The van der Waals surface area contributed by atoms with Crippen molar-refractivity contribution in [3.63, 3.8) is 0 Å². The molecule has 0 saturated carbocycles. The fraction of sp³-hybridized carbons (Fsp3) is 0.211. The maximum absolute atomic E-state index is 12.8. The summed E-state index contributed by atoms with van der Waals surface area (Å²) in [5.41, 5.74) is 6.72. The van der Waals surface area contributed by atoms with Gasteiger partial charge in [0.2, 0.25) is 0 Å². The van der Waals surface area contributed by atoms with Crippen molar-refractivity contribution in [3.05, 3.63) is 71.8 Å². The highest BCUT2D eigenvalue weighted by atomic mass is 16.2. The van der Waals surface area contributed by atoms with Crippen LogP contribution in [0.1, 0.15) is 41.0 Å². The van der Waals surface area contributed by atoms with Gasteiger partial charge in [0.25, 0.3) is 11.8 Å². The van der Waals surface area contributed by atoms with Gasteiger partial charge in [0.15, 0.2) is 0 Å². The molecule has 0 saturated heterocycles. The van der Waals surface area contributed by atoms with Crippen LogP contribution in [0.15, 0.2) is 65.8 Å². The topological polar surface area (TPSA) is 73.8 Å². The van der Waals surface area contributed by atoms with Crippen molar-refractivity contribution in [1.82, 2.24) is 15.9 Å². The minimum atomic E-state index is -0.832.